The molecule has 1 unspecified atom stereocenters. The molecule has 1 fully saturated rings. The number of amides is 1. The number of anilines is 2. The topological polar surface area (TPSA) is 59.6 Å². The summed E-state index contributed by atoms with van der Waals surface area (Å²) in [5, 5.41) is 6.75. The highest BCUT2D eigenvalue weighted by molar-refractivity contribution is 6.35. The summed E-state index contributed by atoms with van der Waals surface area (Å²) < 4.78 is 11.2. The normalized spacial score (nSPS) is 16.3. The van der Waals surface area contributed by atoms with E-state index in [0.717, 1.165) is 30.9 Å². The second-order valence-electron chi connectivity index (χ2n) is 6.03. The van der Waals surface area contributed by atoms with Crippen LogP contribution in [0.25, 0.3) is 0 Å². The molecule has 26 heavy (non-hydrogen) atoms. The third kappa shape index (κ3) is 5.80. The fourth-order valence-electron chi connectivity index (χ4n) is 2.65. The molecule has 1 amide bonds. The van der Waals surface area contributed by atoms with Crippen molar-refractivity contribution in [1.29, 1.82) is 0 Å². The van der Waals surface area contributed by atoms with Crippen molar-refractivity contribution in [2.45, 2.75) is 18.9 Å². The Hall–Kier alpha value is -1.95. The van der Waals surface area contributed by atoms with Crippen LogP contribution in [0.5, 0.6) is 5.75 Å². The summed E-state index contributed by atoms with van der Waals surface area (Å²) in [6, 6.07) is 12.4. The Labute approximate surface area is 162 Å². The SMILES string of the molecule is O=C(CNc1ccc(OCC2CCCO2)cc1)Nc1cc(Cl)cc(Cl)c1. The molecule has 0 bridgehead atoms. The van der Waals surface area contributed by atoms with Gasteiger partial charge in [0, 0.05) is 28.0 Å². The predicted molar refractivity (Wildman–Crippen MR) is 104 cm³/mol. The van der Waals surface area contributed by atoms with E-state index < -0.39 is 0 Å². The van der Waals surface area contributed by atoms with Gasteiger partial charge in [-0.2, -0.15) is 0 Å². The van der Waals surface area contributed by atoms with Crippen molar-refractivity contribution in [3.63, 3.8) is 0 Å². The van der Waals surface area contributed by atoms with Crippen LogP contribution in [0, 0.1) is 0 Å². The van der Waals surface area contributed by atoms with Crippen molar-refractivity contribution in [1.82, 2.24) is 0 Å². The van der Waals surface area contributed by atoms with Crippen molar-refractivity contribution >= 4 is 40.5 Å². The van der Waals surface area contributed by atoms with Crippen LogP contribution in [0.1, 0.15) is 12.8 Å². The highest BCUT2D eigenvalue weighted by Gasteiger charge is 2.15. The number of benzene rings is 2. The first-order valence-electron chi connectivity index (χ1n) is 8.43. The molecular weight excluding hydrogens is 375 g/mol. The maximum Gasteiger partial charge on any atom is 0.243 e. The average Bonchev–Trinajstić information content (AvgIpc) is 3.12. The Morgan fingerprint density at radius 3 is 2.50 bits per heavy atom. The highest BCUT2D eigenvalue weighted by atomic mass is 35.5. The van der Waals surface area contributed by atoms with Crippen molar-refractivity contribution in [3.8, 4) is 5.75 Å². The summed E-state index contributed by atoms with van der Waals surface area (Å²) >= 11 is 11.8. The van der Waals surface area contributed by atoms with Crippen molar-refractivity contribution in [2.24, 2.45) is 0 Å². The zero-order valence-electron chi connectivity index (χ0n) is 14.1. The molecule has 1 aliphatic heterocycles. The zero-order valence-corrected chi connectivity index (χ0v) is 15.6. The largest absolute Gasteiger partial charge is 0.491 e. The molecular formula is C19H20Cl2N2O3. The van der Waals surface area contributed by atoms with Gasteiger partial charge in [-0.3, -0.25) is 4.79 Å². The molecule has 7 heteroatoms. The van der Waals surface area contributed by atoms with Crippen LogP contribution >= 0.6 is 23.2 Å². The van der Waals surface area contributed by atoms with E-state index >= 15 is 0 Å². The molecule has 0 radical (unpaired) electrons. The molecule has 0 aromatic heterocycles. The van der Waals surface area contributed by atoms with Crippen LogP contribution in [0.4, 0.5) is 11.4 Å². The minimum absolute atomic E-state index is 0.125. The van der Waals surface area contributed by atoms with Crippen LogP contribution < -0.4 is 15.4 Å². The maximum atomic E-state index is 12.0. The fraction of sp³-hybridized carbons (Fsp3) is 0.316. The van der Waals surface area contributed by atoms with Crippen LogP contribution in [0.15, 0.2) is 42.5 Å². The summed E-state index contributed by atoms with van der Waals surface area (Å²) in [5.74, 6) is 0.589. The Morgan fingerprint density at radius 1 is 1.12 bits per heavy atom. The number of rotatable bonds is 7. The molecule has 2 aromatic rings. The molecule has 0 aliphatic carbocycles. The monoisotopic (exact) mass is 394 g/mol. The number of hydrogen-bond donors (Lipinski definition) is 2. The Kier molecular flexibility index (Phi) is 6.61. The third-order valence-electron chi connectivity index (χ3n) is 3.91. The van der Waals surface area contributed by atoms with Gasteiger partial charge in [-0.25, -0.2) is 0 Å². The van der Waals surface area contributed by atoms with Crippen LogP contribution in [0.2, 0.25) is 10.0 Å². The van der Waals surface area contributed by atoms with Crippen LogP contribution in [-0.2, 0) is 9.53 Å². The van der Waals surface area contributed by atoms with E-state index in [-0.39, 0.29) is 18.6 Å². The lowest BCUT2D eigenvalue weighted by Gasteiger charge is -2.12. The molecule has 138 valence electrons. The highest BCUT2D eigenvalue weighted by Crippen LogP contribution is 2.22. The van der Waals surface area contributed by atoms with E-state index in [1.54, 1.807) is 18.2 Å². The van der Waals surface area contributed by atoms with Crippen LogP contribution in [-0.4, -0.2) is 31.8 Å². The number of hydrogen-bond acceptors (Lipinski definition) is 4. The first-order chi connectivity index (χ1) is 12.6. The van der Waals surface area contributed by atoms with Gasteiger partial charge in [0.15, 0.2) is 0 Å². The van der Waals surface area contributed by atoms with Gasteiger partial charge in [0.05, 0.1) is 12.6 Å². The maximum absolute atomic E-state index is 12.0. The molecule has 5 nitrogen and oxygen atoms in total. The fourth-order valence-corrected chi connectivity index (χ4v) is 3.17. The second kappa shape index (κ2) is 9.12. The zero-order chi connectivity index (χ0) is 18.4. The molecule has 1 atom stereocenters. The predicted octanol–water partition coefficient (Wildman–Crippen LogP) is 4.60. The van der Waals surface area contributed by atoms with Gasteiger partial charge in [-0.05, 0) is 55.3 Å². The molecule has 1 aliphatic rings. The summed E-state index contributed by atoms with van der Waals surface area (Å²) in [6.07, 6.45) is 2.34. The van der Waals surface area contributed by atoms with Gasteiger partial charge < -0.3 is 20.1 Å². The first-order valence-corrected chi connectivity index (χ1v) is 9.18. The lowest BCUT2D eigenvalue weighted by atomic mass is 10.2. The minimum atomic E-state index is -0.193. The third-order valence-corrected chi connectivity index (χ3v) is 4.35. The van der Waals surface area contributed by atoms with Crippen LogP contribution in [0.3, 0.4) is 0 Å². The smallest absolute Gasteiger partial charge is 0.243 e. The van der Waals surface area contributed by atoms with Gasteiger partial charge in [-0.15, -0.1) is 0 Å². The first kappa shape index (κ1) is 18.8. The Morgan fingerprint density at radius 2 is 1.85 bits per heavy atom. The number of halogens is 2. The van der Waals surface area contributed by atoms with Gasteiger partial charge in [0.1, 0.15) is 12.4 Å². The molecule has 3 rings (SSSR count). The molecule has 1 saturated heterocycles. The lowest BCUT2D eigenvalue weighted by molar-refractivity contribution is -0.114. The number of carbonyl (C=O) groups excluding carboxylic acids is 1. The van der Waals surface area contributed by atoms with Gasteiger partial charge in [0.25, 0.3) is 0 Å². The van der Waals surface area contributed by atoms with E-state index in [0.29, 0.717) is 22.3 Å². The van der Waals surface area contributed by atoms with E-state index in [1.807, 2.05) is 24.3 Å². The average molecular weight is 395 g/mol. The summed E-state index contributed by atoms with van der Waals surface area (Å²) in [7, 11) is 0. The Balaban J connectivity index is 1.44. The van der Waals surface area contributed by atoms with E-state index in [2.05, 4.69) is 10.6 Å². The summed E-state index contributed by atoms with van der Waals surface area (Å²) in [5.41, 5.74) is 1.39. The second-order valence-corrected chi connectivity index (χ2v) is 6.90. The summed E-state index contributed by atoms with van der Waals surface area (Å²) in [6.45, 7) is 1.51. The molecule has 2 aromatic carbocycles. The van der Waals surface area contributed by atoms with Gasteiger partial charge in [-0.1, -0.05) is 23.2 Å². The molecule has 0 saturated carbocycles. The standard InChI is InChI=1S/C19H20Cl2N2O3/c20-13-8-14(21)10-16(9-13)23-19(24)11-22-15-3-5-17(6-4-15)26-12-18-2-1-7-25-18/h3-6,8-10,18,22H,1-2,7,11-12H2,(H,23,24). The Bertz CT molecular complexity index is 727. The van der Waals surface area contributed by atoms with Crippen molar-refractivity contribution in [2.75, 3.05) is 30.4 Å². The van der Waals surface area contributed by atoms with E-state index in [4.69, 9.17) is 32.7 Å². The molecule has 1 heterocycles. The summed E-state index contributed by atoms with van der Waals surface area (Å²) in [4.78, 5) is 12.0. The van der Waals surface area contributed by atoms with E-state index in [1.165, 1.54) is 0 Å². The number of carbonyl (C=O) groups is 1. The van der Waals surface area contributed by atoms with E-state index in [9.17, 15) is 4.79 Å². The minimum Gasteiger partial charge on any atom is -0.491 e. The molecule has 2 N–H and O–H groups in total. The number of nitrogens with one attached hydrogen (secondary N) is 2. The van der Waals surface area contributed by atoms with Gasteiger partial charge in [0.2, 0.25) is 5.91 Å². The quantitative estimate of drug-likeness (QED) is 0.719. The van der Waals surface area contributed by atoms with Gasteiger partial charge >= 0.3 is 0 Å². The molecule has 0 spiro atoms. The van der Waals surface area contributed by atoms with Crippen molar-refractivity contribution in [3.05, 3.63) is 52.5 Å². The number of ether oxygens (including phenoxy) is 2. The lowest BCUT2D eigenvalue weighted by Crippen LogP contribution is -2.21. The van der Waals surface area contributed by atoms with Crippen molar-refractivity contribution < 1.29 is 14.3 Å².